The highest BCUT2D eigenvalue weighted by Crippen LogP contribution is 2.41. The van der Waals surface area contributed by atoms with Crippen LogP contribution >= 0.6 is 11.8 Å². The molecule has 3 unspecified atom stereocenters. The molecule has 3 atom stereocenters. The number of nitrogens with zero attached hydrogens (tertiary/aromatic N) is 2. The zero-order valence-corrected chi connectivity index (χ0v) is 12.9. The molecule has 1 aromatic carbocycles. The van der Waals surface area contributed by atoms with E-state index in [9.17, 15) is 14.7 Å². The Morgan fingerprint density at radius 2 is 2.14 bits per heavy atom. The Labute approximate surface area is 132 Å². The van der Waals surface area contributed by atoms with Gasteiger partial charge in [-0.15, -0.1) is 0 Å². The lowest BCUT2D eigenvalue weighted by molar-refractivity contribution is -0.157. The SMILES string of the molecule is C=C(C)C(C(=O)O)N1C(=O)C2N=C(Cc3ccccc3)SC21. The molecule has 0 spiro atoms. The summed E-state index contributed by atoms with van der Waals surface area (Å²) >= 11 is 1.48. The minimum Gasteiger partial charge on any atom is -0.479 e. The van der Waals surface area contributed by atoms with Crippen LogP contribution in [-0.2, 0) is 16.0 Å². The van der Waals surface area contributed by atoms with E-state index in [-0.39, 0.29) is 11.3 Å². The monoisotopic (exact) mass is 316 g/mol. The molecular formula is C16H16N2O3S. The van der Waals surface area contributed by atoms with Gasteiger partial charge < -0.3 is 10.0 Å². The third-order valence-electron chi connectivity index (χ3n) is 3.77. The molecule has 1 fully saturated rings. The molecule has 2 aliphatic heterocycles. The summed E-state index contributed by atoms with van der Waals surface area (Å²) in [6.45, 7) is 5.32. The molecule has 22 heavy (non-hydrogen) atoms. The summed E-state index contributed by atoms with van der Waals surface area (Å²) in [5.41, 5.74) is 1.58. The summed E-state index contributed by atoms with van der Waals surface area (Å²) in [6.07, 6.45) is 0.671. The number of carboxylic acid groups (broad SMARTS) is 1. The Morgan fingerprint density at radius 3 is 2.73 bits per heavy atom. The van der Waals surface area contributed by atoms with Crippen LogP contribution < -0.4 is 0 Å². The maximum Gasteiger partial charge on any atom is 0.330 e. The zero-order chi connectivity index (χ0) is 15.9. The second-order valence-corrected chi connectivity index (χ2v) is 6.66. The predicted octanol–water partition coefficient (Wildman–Crippen LogP) is 1.94. The molecule has 2 aliphatic rings. The van der Waals surface area contributed by atoms with Gasteiger partial charge in [-0.05, 0) is 18.1 Å². The topological polar surface area (TPSA) is 70.0 Å². The fourth-order valence-electron chi connectivity index (χ4n) is 2.73. The molecular weight excluding hydrogens is 300 g/mol. The van der Waals surface area contributed by atoms with Gasteiger partial charge in [-0.3, -0.25) is 9.79 Å². The molecule has 0 radical (unpaired) electrons. The summed E-state index contributed by atoms with van der Waals surface area (Å²) in [4.78, 5) is 29.4. The number of carboxylic acids is 1. The predicted molar refractivity (Wildman–Crippen MR) is 85.8 cm³/mol. The van der Waals surface area contributed by atoms with Gasteiger partial charge >= 0.3 is 5.97 Å². The van der Waals surface area contributed by atoms with Gasteiger partial charge in [0, 0.05) is 6.42 Å². The number of hydrogen-bond acceptors (Lipinski definition) is 4. The summed E-state index contributed by atoms with van der Waals surface area (Å²) in [5, 5.41) is 9.98. The van der Waals surface area contributed by atoms with Gasteiger partial charge in [-0.25, -0.2) is 4.79 Å². The lowest BCUT2D eigenvalue weighted by atomic mass is 10.00. The Bertz CT molecular complexity index is 657. The van der Waals surface area contributed by atoms with E-state index in [0.717, 1.165) is 10.6 Å². The number of aliphatic carboxylic acids is 1. The first-order valence-corrected chi connectivity index (χ1v) is 7.84. The van der Waals surface area contributed by atoms with Crippen molar-refractivity contribution >= 4 is 28.7 Å². The van der Waals surface area contributed by atoms with Gasteiger partial charge in [-0.1, -0.05) is 48.7 Å². The standard InChI is InChI=1S/C16H16N2O3S/c1-9(2)13(16(20)21)18-14(19)12-15(18)22-11(17-12)8-10-6-4-3-5-7-10/h3-7,12-13,15H,1,8H2,2H3,(H,20,21). The second-order valence-electron chi connectivity index (χ2n) is 5.47. The molecule has 2 heterocycles. The van der Waals surface area contributed by atoms with E-state index in [4.69, 9.17) is 0 Å². The number of fused-ring (bicyclic) bond motifs is 1. The van der Waals surface area contributed by atoms with Crippen molar-refractivity contribution in [2.45, 2.75) is 30.8 Å². The van der Waals surface area contributed by atoms with Crippen LogP contribution in [0.5, 0.6) is 0 Å². The summed E-state index contributed by atoms with van der Waals surface area (Å²) < 4.78 is 0. The van der Waals surface area contributed by atoms with E-state index in [1.54, 1.807) is 6.92 Å². The van der Waals surface area contributed by atoms with Gasteiger partial charge in [0.1, 0.15) is 5.37 Å². The maximum absolute atomic E-state index is 12.2. The fourth-order valence-corrected chi connectivity index (χ4v) is 4.08. The van der Waals surface area contributed by atoms with Gasteiger partial charge in [0.25, 0.3) is 5.91 Å². The van der Waals surface area contributed by atoms with E-state index in [1.165, 1.54) is 16.7 Å². The first kappa shape index (κ1) is 14.8. The number of rotatable bonds is 5. The molecule has 1 N–H and O–H groups in total. The van der Waals surface area contributed by atoms with Crippen molar-refractivity contribution in [3.63, 3.8) is 0 Å². The highest BCUT2D eigenvalue weighted by Gasteiger charge is 2.56. The first-order chi connectivity index (χ1) is 10.5. The van der Waals surface area contributed by atoms with Crippen LogP contribution in [0.2, 0.25) is 0 Å². The third kappa shape index (κ3) is 2.43. The molecule has 1 saturated heterocycles. The lowest BCUT2D eigenvalue weighted by Gasteiger charge is -2.44. The van der Waals surface area contributed by atoms with Crippen molar-refractivity contribution in [1.82, 2.24) is 4.90 Å². The van der Waals surface area contributed by atoms with Gasteiger partial charge in [0.05, 0.1) is 5.04 Å². The average molecular weight is 316 g/mol. The van der Waals surface area contributed by atoms with Crippen LogP contribution in [-0.4, -0.2) is 44.4 Å². The average Bonchev–Trinajstić information content (AvgIpc) is 2.84. The van der Waals surface area contributed by atoms with Crippen molar-refractivity contribution in [3.8, 4) is 0 Å². The largest absolute Gasteiger partial charge is 0.479 e. The molecule has 0 saturated carbocycles. The second kappa shape index (κ2) is 5.61. The molecule has 1 amide bonds. The highest BCUT2D eigenvalue weighted by molar-refractivity contribution is 8.14. The van der Waals surface area contributed by atoms with Crippen LogP contribution in [0.4, 0.5) is 0 Å². The number of aliphatic imine (C=N–C) groups is 1. The molecule has 6 heteroatoms. The van der Waals surface area contributed by atoms with Crippen molar-refractivity contribution in [2.24, 2.45) is 4.99 Å². The zero-order valence-electron chi connectivity index (χ0n) is 12.1. The minimum atomic E-state index is -1.04. The molecule has 0 aliphatic carbocycles. The van der Waals surface area contributed by atoms with Crippen LogP contribution in [0, 0.1) is 0 Å². The molecule has 114 valence electrons. The van der Waals surface area contributed by atoms with Crippen molar-refractivity contribution in [2.75, 3.05) is 0 Å². The van der Waals surface area contributed by atoms with E-state index in [2.05, 4.69) is 11.6 Å². The van der Waals surface area contributed by atoms with Crippen molar-refractivity contribution in [3.05, 3.63) is 48.0 Å². The Balaban J connectivity index is 1.73. The van der Waals surface area contributed by atoms with E-state index in [0.29, 0.717) is 12.0 Å². The maximum atomic E-state index is 12.2. The molecule has 0 bridgehead atoms. The summed E-state index contributed by atoms with van der Waals surface area (Å²) in [5.74, 6) is -1.27. The number of carbonyl (C=O) groups excluding carboxylic acids is 1. The summed E-state index contributed by atoms with van der Waals surface area (Å²) in [7, 11) is 0. The van der Waals surface area contributed by atoms with Crippen LogP contribution in [0.3, 0.4) is 0 Å². The Hall–Kier alpha value is -2.08. The molecule has 5 nitrogen and oxygen atoms in total. The number of likely N-dealkylation sites (tertiary alicyclic amines) is 1. The Kier molecular flexibility index (Phi) is 3.78. The van der Waals surface area contributed by atoms with E-state index >= 15 is 0 Å². The van der Waals surface area contributed by atoms with Gasteiger partial charge in [0.2, 0.25) is 0 Å². The van der Waals surface area contributed by atoms with Crippen molar-refractivity contribution < 1.29 is 14.7 Å². The van der Waals surface area contributed by atoms with Crippen LogP contribution in [0.15, 0.2) is 47.5 Å². The fraction of sp³-hybridized carbons (Fsp3) is 0.312. The molecule has 1 aromatic rings. The normalized spacial score (nSPS) is 24.3. The minimum absolute atomic E-state index is 0.219. The number of amides is 1. The number of β-lactam (4-membered cyclic amide) rings is 1. The van der Waals surface area contributed by atoms with E-state index < -0.39 is 18.1 Å². The van der Waals surface area contributed by atoms with Gasteiger partial charge in [0.15, 0.2) is 12.1 Å². The third-order valence-corrected chi connectivity index (χ3v) is 5.02. The molecule has 3 rings (SSSR count). The number of benzene rings is 1. The quantitative estimate of drug-likeness (QED) is 0.666. The lowest BCUT2D eigenvalue weighted by Crippen LogP contribution is -2.66. The smallest absolute Gasteiger partial charge is 0.330 e. The number of thioether (sulfide) groups is 1. The Morgan fingerprint density at radius 1 is 1.45 bits per heavy atom. The number of hydrogen-bond donors (Lipinski definition) is 1. The van der Waals surface area contributed by atoms with Crippen LogP contribution in [0.25, 0.3) is 0 Å². The number of carbonyl (C=O) groups is 2. The first-order valence-electron chi connectivity index (χ1n) is 6.96. The van der Waals surface area contributed by atoms with E-state index in [1.807, 2.05) is 30.3 Å². The highest BCUT2D eigenvalue weighted by atomic mass is 32.2. The van der Waals surface area contributed by atoms with Crippen LogP contribution in [0.1, 0.15) is 12.5 Å². The molecule has 0 aromatic heterocycles. The van der Waals surface area contributed by atoms with Gasteiger partial charge in [-0.2, -0.15) is 0 Å². The van der Waals surface area contributed by atoms with Crippen molar-refractivity contribution in [1.29, 1.82) is 0 Å². The summed E-state index contributed by atoms with van der Waals surface area (Å²) in [6, 6.07) is 8.49.